The summed E-state index contributed by atoms with van der Waals surface area (Å²) in [4.78, 5) is 27.2. The van der Waals surface area contributed by atoms with Gasteiger partial charge in [0.15, 0.2) is 0 Å². The number of hydrogen-bond donors (Lipinski definition) is 2. The molecule has 0 unspecified atom stereocenters. The first-order valence-electron chi connectivity index (χ1n) is 8.16. The van der Waals surface area contributed by atoms with Crippen molar-refractivity contribution in [3.8, 4) is 0 Å². The van der Waals surface area contributed by atoms with E-state index in [1.165, 1.54) is 4.90 Å². The van der Waals surface area contributed by atoms with E-state index in [1.54, 1.807) is 37.4 Å². The molecule has 3 aromatic rings. The lowest BCUT2D eigenvalue weighted by molar-refractivity contribution is 0.0973. The number of carbonyl (C=O) groups excluding carboxylic acids is 2. The number of nitrogens with one attached hydrogen (secondary N) is 1. The first-order chi connectivity index (χ1) is 12.6. The maximum atomic E-state index is 13.0. The molecule has 3 N–H and O–H groups in total. The first-order valence-corrected chi connectivity index (χ1v) is 8.16. The topological polar surface area (TPSA) is 75.4 Å². The van der Waals surface area contributed by atoms with E-state index in [2.05, 4.69) is 5.32 Å². The Hall–Kier alpha value is -3.60. The summed E-state index contributed by atoms with van der Waals surface area (Å²) in [5.74, 6) is -0.721. The molecule has 0 aliphatic rings. The minimum Gasteiger partial charge on any atom is -0.398 e. The number of rotatable bonds is 4. The highest BCUT2D eigenvalue weighted by atomic mass is 16.2. The predicted octanol–water partition coefficient (Wildman–Crippen LogP) is 3.80. The van der Waals surface area contributed by atoms with Gasteiger partial charge in [0.1, 0.15) is 0 Å². The van der Waals surface area contributed by atoms with E-state index in [9.17, 15) is 9.59 Å². The summed E-state index contributed by atoms with van der Waals surface area (Å²) in [6, 6.07) is 23.2. The quantitative estimate of drug-likeness (QED) is 0.706. The van der Waals surface area contributed by atoms with Gasteiger partial charge < -0.3 is 16.0 Å². The molecule has 130 valence electrons. The number of nitrogens with zero attached hydrogens (tertiary/aromatic N) is 1. The van der Waals surface area contributed by atoms with Crippen LogP contribution in [0.1, 0.15) is 20.7 Å². The summed E-state index contributed by atoms with van der Waals surface area (Å²) >= 11 is 0. The summed E-state index contributed by atoms with van der Waals surface area (Å²) in [6.45, 7) is 0. The van der Waals surface area contributed by atoms with Crippen LogP contribution in [0.4, 0.5) is 17.1 Å². The first kappa shape index (κ1) is 17.2. The Kier molecular flexibility index (Phi) is 4.99. The van der Waals surface area contributed by atoms with Crippen molar-refractivity contribution in [2.75, 3.05) is 23.0 Å². The minimum atomic E-state index is -0.417. The average Bonchev–Trinajstić information content (AvgIpc) is 2.68. The molecule has 0 heterocycles. The molecule has 0 aliphatic carbocycles. The van der Waals surface area contributed by atoms with Crippen LogP contribution in [0.15, 0.2) is 78.9 Å². The van der Waals surface area contributed by atoms with Gasteiger partial charge in [-0.1, -0.05) is 42.5 Å². The molecule has 0 saturated heterocycles. The number of amides is 2. The minimum absolute atomic E-state index is 0.170. The maximum Gasteiger partial charge on any atom is 0.258 e. The molecule has 5 heteroatoms. The third-order valence-corrected chi connectivity index (χ3v) is 4.03. The molecule has 0 saturated carbocycles. The largest absolute Gasteiger partial charge is 0.398 e. The van der Waals surface area contributed by atoms with Gasteiger partial charge in [0.2, 0.25) is 0 Å². The number of hydrogen-bond acceptors (Lipinski definition) is 3. The van der Waals surface area contributed by atoms with Crippen molar-refractivity contribution in [1.82, 2.24) is 0 Å². The van der Waals surface area contributed by atoms with Crippen LogP contribution in [-0.4, -0.2) is 18.9 Å². The van der Waals surface area contributed by atoms with Crippen LogP contribution < -0.4 is 16.0 Å². The summed E-state index contributed by atoms with van der Waals surface area (Å²) in [6.07, 6.45) is 0. The van der Waals surface area contributed by atoms with E-state index in [0.717, 1.165) is 5.69 Å². The fourth-order valence-corrected chi connectivity index (χ4v) is 2.67. The number of benzene rings is 3. The van der Waals surface area contributed by atoms with Gasteiger partial charge in [0.05, 0.1) is 11.1 Å². The summed E-state index contributed by atoms with van der Waals surface area (Å²) in [5.41, 5.74) is 8.07. The van der Waals surface area contributed by atoms with Crippen molar-refractivity contribution in [2.24, 2.45) is 0 Å². The zero-order valence-electron chi connectivity index (χ0n) is 14.3. The van der Waals surface area contributed by atoms with Gasteiger partial charge in [-0.25, -0.2) is 0 Å². The smallest absolute Gasteiger partial charge is 0.258 e. The fraction of sp³-hybridized carbons (Fsp3) is 0.0476. The SMILES string of the molecule is CN(C(=O)c1cccc(N)c1C(=O)Nc1ccccc1)c1ccccc1. The van der Waals surface area contributed by atoms with Gasteiger partial charge in [0, 0.05) is 24.1 Å². The molecule has 0 atom stereocenters. The lowest BCUT2D eigenvalue weighted by atomic mass is 10.0. The zero-order chi connectivity index (χ0) is 18.5. The second-order valence-corrected chi connectivity index (χ2v) is 5.79. The molecule has 0 fully saturated rings. The van der Waals surface area contributed by atoms with Crippen molar-refractivity contribution >= 4 is 28.9 Å². The molecule has 3 aromatic carbocycles. The molecule has 0 spiro atoms. The molecule has 0 bridgehead atoms. The number of nitrogens with two attached hydrogens (primary N) is 1. The maximum absolute atomic E-state index is 13.0. The predicted molar refractivity (Wildman–Crippen MR) is 104 cm³/mol. The summed E-state index contributed by atoms with van der Waals surface area (Å²) < 4.78 is 0. The van der Waals surface area contributed by atoms with Crippen molar-refractivity contribution in [3.63, 3.8) is 0 Å². The van der Waals surface area contributed by atoms with E-state index >= 15 is 0 Å². The molecule has 0 aliphatic heterocycles. The van der Waals surface area contributed by atoms with Crippen LogP contribution >= 0.6 is 0 Å². The van der Waals surface area contributed by atoms with Crippen LogP contribution in [0.3, 0.4) is 0 Å². The van der Waals surface area contributed by atoms with Gasteiger partial charge in [-0.3, -0.25) is 9.59 Å². The Labute approximate surface area is 152 Å². The summed E-state index contributed by atoms with van der Waals surface area (Å²) in [5, 5.41) is 2.78. The van der Waals surface area contributed by atoms with E-state index in [4.69, 9.17) is 5.73 Å². The molecular weight excluding hydrogens is 326 g/mol. The van der Waals surface area contributed by atoms with E-state index in [-0.39, 0.29) is 22.7 Å². The Balaban J connectivity index is 1.94. The summed E-state index contributed by atoms with van der Waals surface area (Å²) in [7, 11) is 1.67. The molecule has 3 rings (SSSR count). The Morgan fingerprint density at radius 1 is 0.846 bits per heavy atom. The highest BCUT2D eigenvalue weighted by molar-refractivity contribution is 6.18. The Morgan fingerprint density at radius 2 is 1.46 bits per heavy atom. The monoisotopic (exact) mass is 345 g/mol. The van der Waals surface area contributed by atoms with Crippen LogP contribution in [0.25, 0.3) is 0 Å². The van der Waals surface area contributed by atoms with Crippen LogP contribution in [0, 0.1) is 0 Å². The lowest BCUT2D eigenvalue weighted by Crippen LogP contribution is -2.29. The highest BCUT2D eigenvalue weighted by Gasteiger charge is 2.23. The molecule has 26 heavy (non-hydrogen) atoms. The van der Waals surface area contributed by atoms with Gasteiger partial charge in [-0.15, -0.1) is 0 Å². The van der Waals surface area contributed by atoms with E-state index < -0.39 is 5.91 Å². The van der Waals surface area contributed by atoms with Crippen molar-refractivity contribution in [3.05, 3.63) is 90.0 Å². The molecular formula is C21H19N3O2. The van der Waals surface area contributed by atoms with Gasteiger partial charge in [-0.05, 0) is 36.4 Å². The van der Waals surface area contributed by atoms with E-state index in [1.807, 2.05) is 48.5 Å². The normalized spacial score (nSPS) is 10.2. The number of nitrogen functional groups attached to an aromatic ring is 1. The lowest BCUT2D eigenvalue weighted by Gasteiger charge is -2.20. The molecule has 0 aromatic heterocycles. The van der Waals surface area contributed by atoms with Crippen molar-refractivity contribution in [1.29, 1.82) is 0 Å². The van der Waals surface area contributed by atoms with Gasteiger partial charge in [-0.2, -0.15) is 0 Å². The van der Waals surface area contributed by atoms with Crippen LogP contribution in [0.5, 0.6) is 0 Å². The average molecular weight is 345 g/mol. The zero-order valence-corrected chi connectivity index (χ0v) is 14.3. The van der Waals surface area contributed by atoms with Crippen LogP contribution in [-0.2, 0) is 0 Å². The molecule has 2 amide bonds. The second-order valence-electron chi connectivity index (χ2n) is 5.79. The van der Waals surface area contributed by atoms with Crippen molar-refractivity contribution < 1.29 is 9.59 Å². The molecule has 5 nitrogen and oxygen atoms in total. The van der Waals surface area contributed by atoms with Gasteiger partial charge >= 0.3 is 0 Å². The number of carbonyl (C=O) groups is 2. The van der Waals surface area contributed by atoms with Crippen molar-refractivity contribution in [2.45, 2.75) is 0 Å². The third-order valence-electron chi connectivity index (χ3n) is 4.03. The fourth-order valence-electron chi connectivity index (χ4n) is 2.67. The Bertz CT molecular complexity index is 925. The number of para-hydroxylation sites is 2. The number of anilines is 3. The van der Waals surface area contributed by atoms with E-state index in [0.29, 0.717) is 5.69 Å². The second kappa shape index (κ2) is 7.53. The highest BCUT2D eigenvalue weighted by Crippen LogP contribution is 2.23. The standard InChI is InChI=1S/C21H19N3O2/c1-24(16-11-6-3-7-12-16)21(26)17-13-8-14-18(22)19(17)20(25)23-15-9-4-2-5-10-15/h2-14H,22H2,1H3,(H,23,25). The van der Waals surface area contributed by atoms with Crippen LogP contribution in [0.2, 0.25) is 0 Å². The van der Waals surface area contributed by atoms with Gasteiger partial charge in [0.25, 0.3) is 11.8 Å². The Morgan fingerprint density at radius 3 is 2.12 bits per heavy atom. The molecule has 0 radical (unpaired) electrons. The third kappa shape index (κ3) is 3.57.